The van der Waals surface area contributed by atoms with Crippen LogP contribution in [-0.2, 0) is 25.6 Å². The third kappa shape index (κ3) is 4.86. The van der Waals surface area contributed by atoms with Crippen molar-refractivity contribution in [3.8, 4) is 0 Å². The first-order valence-corrected chi connectivity index (χ1v) is 10.5. The van der Waals surface area contributed by atoms with Gasteiger partial charge in [0.15, 0.2) is 0 Å². The van der Waals surface area contributed by atoms with Crippen LogP contribution in [-0.4, -0.2) is 73.1 Å². The number of carbonyl (C=O) groups is 3. The molecular formula is C21H23F3N4O5. The van der Waals surface area contributed by atoms with Crippen molar-refractivity contribution in [2.24, 2.45) is 16.6 Å². The number of amides is 3. The molecular weight excluding hydrogens is 445 g/mol. The number of halogens is 3. The largest absolute Gasteiger partial charge is 0.473 e. The third-order valence-electron chi connectivity index (χ3n) is 6.06. The first-order chi connectivity index (χ1) is 15.6. The average molecular weight is 468 g/mol. The Bertz CT molecular complexity index is 991. The van der Waals surface area contributed by atoms with Gasteiger partial charge in [-0.15, -0.1) is 0 Å². The molecule has 4 rings (SSSR count). The zero-order chi connectivity index (χ0) is 23.8. The maximum absolute atomic E-state index is 13.1. The fourth-order valence-electron chi connectivity index (χ4n) is 4.23. The lowest BCUT2D eigenvalue weighted by Gasteiger charge is -2.38. The van der Waals surface area contributed by atoms with Crippen LogP contribution in [0.1, 0.15) is 34.3 Å². The summed E-state index contributed by atoms with van der Waals surface area (Å²) in [6.45, 7) is 1.85. The second-order valence-electron chi connectivity index (χ2n) is 8.21. The highest BCUT2D eigenvalue weighted by Crippen LogP contribution is 2.29. The van der Waals surface area contributed by atoms with Crippen LogP contribution in [0.3, 0.4) is 0 Å². The minimum atomic E-state index is -5.14. The van der Waals surface area contributed by atoms with Crippen molar-refractivity contribution < 1.29 is 37.0 Å². The zero-order valence-corrected chi connectivity index (χ0v) is 17.6. The van der Waals surface area contributed by atoms with E-state index in [4.69, 9.17) is 15.2 Å². The molecule has 0 bridgehead atoms. The van der Waals surface area contributed by atoms with Gasteiger partial charge in [0.25, 0.3) is 5.91 Å². The summed E-state index contributed by atoms with van der Waals surface area (Å²) >= 11 is 0. The molecule has 12 heteroatoms. The molecule has 2 fully saturated rings. The molecule has 1 aromatic rings. The molecule has 3 heterocycles. The normalized spacial score (nSPS) is 25.8. The highest BCUT2D eigenvalue weighted by atomic mass is 19.4. The molecule has 1 aromatic carbocycles. The van der Waals surface area contributed by atoms with Crippen LogP contribution >= 0.6 is 0 Å². The molecule has 2 saturated heterocycles. The van der Waals surface area contributed by atoms with Crippen molar-refractivity contribution in [2.45, 2.75) is 37.6 Å². The average Bonchev–Trinajstić information content (AvgIpc) is 3.42. The molecule has 3 aliphatic rings. The van der Waals surface area contributed by atoms with E-state index in [1.54, 1.807) is 11.0 Å². The summed E-state index contributed by atoms with van der Waals surface area (Å²) in [6.07, 6.45) is -3.95. The number of rotatable bonds is 4. The second kappa shape index (κ2) is 9.10. The molecule has 0 saturated carbocycles. The number of hydrogen-bond acceptors (Lipinski definition) is 5. The van der Waals surface area contributed by atoms with Crippen LogP contribution in [0.4, 0.5) is 13.2 Å². The molecule has 3 aliphatic heterocycles. The van der Waals surface area contributed by atoms with Gasteiger partial charge in [0.1, 0.15) is 5.84 Å². The van der Waals surface area contributed by atoms with Crippen LogP contribution in [0.25, 0.3) is 0 Å². The van der Waals surface area contributed by atoms with Crippen molar-refractivity contribution in [1.82, 2.24) is 10.2 Å². The summed E-state index contributed by atoms with van der Waals surface area (Å²) in [4.78, 5) is 41.3. The van der Waals surface area contributed by atoms with Crippen LogP contribution in [0.2, 0.25) is 0 Å². The Kier molecular flexibility index (Phi) is 6.39. The maximum atomic E-state index is 13.1. The Hall–Kier alpha value is -2.99. The maximum Gasteiger partial charge on any atom is 0.473 e. The predicted octanol–water partition coefficient (Wildman–Crippen LogP) is 0.747. The lowest BCUT2D eigenvalue weighted by atomic mass is 10.00. The summed E-state index contributed by atoms with van der Waals surface area (Å²) < 4.78 is 48.2. The minimum Gasteiger partial charge on any atom is -0.383 e. The summed E-state index contributed by atoms with van der Waals surface area (Å²) in [6, 6.07) is 3.59. The highest BCUT2D eigenvalue weighted by molar-refractivity contribution is 6.07. The monoisotopic (exact) mass is 468 g/mol. The Balaban J connectivity index is 1.51. The predicted molar refractivity (Wildman–Crippen MR) is 108 cm³/mol. The molecule has 0 spiro atoms. The van der Waals surface area contributed by atoms with Gasteiger partial charge in [0.05, 0.1) is 31.2 Å². The van der Waals surface area contributed by atoms with E-state index in [2.05, 4.69) is 10.3 Å². The summed E-state index contributed by atoms with van der Waals surface area (Å²) in [5, 5.41) is 3.02. The summed E-state index contributed by atoms with van der Waals surface area (Å²) in [5.41, 5.74) is 6.51. The van der Waals surface area contributed by atoms with E-state index >= 15 is 0 Å². The Morgan fingerprint density at radius 2 is 1.88 bits per heavy atom. The molecule has 9 nitrogen and oxygen atoms in total. The highest BCUT2D eigenvalue weighted by Gasteiger charge is 2.41. The van der Waals surface area contributed by atoms with Gasteiger partial charge in [-0.2, -0.15) is 18.2 Å². The zero-order valence-electron chi connectivity index (χ0n) is 17.6. The number of nitrogens with two attached hydrogens (primary N) is 1. The third-order valence-corrected chi connectivity index (χ3v) is 6.06. The number of nitrogens with one attached hydrogen (secondary N) is 1. The van der Waals surface area contributed by atoms with Gasteiger partial charge >= 0.3 is 12.1 Å². The van der Waals surface area contributed by atoms with Gasteiger partial charge in [-0.3, -0.25) is 14.4 Å². The SMILES string of the molecule is NC(=NC(=O)C(F)(F)F)c1ccc2c(c1)C(=O)N([C@@H]1COCCC1NC(=O)C1CCOC1)C2. The number of nitrogens with zero attached hydrogens (tertiary/aromatic N) is 2. The van der Waals surface area contributed by atoms with Crippen LogP contribution < -0.4 is 11.1 Å². The van der Waals surface area contributed by atoms with E-state index in [9.17, 15) is 27.6 Å². The number of fused-ring (bicyclic) bond motifs is 1. The van der Waals surface area contributed by atoms with Crippen LogP contribution in [0, 0.1) is 5.92 Å². The molecule has 3 N–H and O–H groups in total. The van der Waals surface area contributed by atoms with Gasteiger partial charge in [-0.25, -0.2) is 0 Å². The smallest absolute Gasteiger partial charge is 0.383 e. The first-order valence-electron chi connectivity index (χ1n) is 10.5. The van der Waals surface area contributed by atoms with E-state index in [0.29, 0.717) is 38.2 Å². The van der Waals surface area contributed by atoms with E-state index < -0.39 is 24.0 Å². The Morgan fingerprint density at radius 3 is 2.58 bits per heavy atom. The quantitative estimate of drug-likeness (QED) is 0.497. The van der Waals surface area contributed by atoms with Crippen molar-refractivity contribution >= 4 is 23.6 Å². The fraction of sp³-hybridized carbons (Fsp3) is 0.524. The summed E-state index contributed by atoms with van der Waals surface area (Å²) in [5.74, 6) is -3.64. The second-order valence-corrected chi connectivity index (χ2v) is 8.21. The topological polar surface area (TPSA) is 123 Å². The lowest BCUT2D eigenvalue weighted by molar-refractivity contribution is -0.169. The number of amidine groups is 1. The van der Waals surface area contributed by atoms with E-state index in [1.807, 2.05) is 0 Å². The number of ether oxygens (including phenoxy) is 2. The molecule has 0 radical (unpaired) electrons. The van der Waals surface area contributed by atoms with Gasteiger partial charge in [0, 0.05) is 30.9 Å². The number of aliphatic imine (C=N–C) groups is 1. The Labute approximate surface area is 187 Å². The van der Waals surface area contributed by atoms with Crippen LogP contribution in [0.15, 0.2) is 23.2 Å². The van der Waals surface area contributed by atoms with E-state index in [1.165, 1.54) is 12.1 Å². The molecule has 3 atom stereocenters. The summed E-state index contributed by atoms with van der Waals surface area (Å²) in [7, 11) is 0. The molecule has 3 amide bonds. The van der Waals surface area contributed by atoms with E-state index in [0.717, 1.165) is 0 Å². The van der Waals surface area contributed by atoms with Crippen molar-refractivity contribution in [3.05, 3.63) is 34.9 Å². The minimum absolute atomic E-state index is 0.0348. The number of carbonyl (C=O) groups excluding carboxylic acids is 3. The number of benzene rings is 1. The van der Waals surface area contributed by atoms with E-state index in [-0.39, 0.29) is 48.1 Å². The van der Waals surface area contributed by atoms with Gasteiger partial charge < -0.3 is 25.4 Å². The Morgan fingerprint density at radius 1 is 1.15 bits per heavy atom. The fourth-order valence-corrected chi connectivity index (χ4v) is 4.23. The van der Waals surface area contributed by atoms with Gasteiger partial charge in [0.2, 0.25) is 5.91 Å². The number of hydrogen-bond donors (Lipinski definition) is 2. The molecule has 178 valence electrons. The molecule has 0 aliphatic carbocycles. The van der Waals surface area contributed by atoms with Crippen molar-refractivity contribution in [3.63, 3.8) is 0 Å². The van der Waals surface area contributed by atoms with Crippen molar-refractivity contribution in [1.29, 1.82) is 0 Å². The van der Waals surface area contributed by atoms with Gasteiger partial charge in [-0.1, -0.05) is 12.1 Å². The van der Waals surface area contributed by atoms with Crippen molar-refractivity contribution in [2.75, 3.05) is 26.4 Å². The molecule has 33 heavy (non-hydrogen) atoms. The molecule has 0 aromatic heterocycles. The van der Waals surface area contributed by atoms with Gasteiger partial charge in [-0.05, 0) is 24.5 Å². The standard InChI is InChI=1S/C21H23F3N4O5/c22-21(23,24)20(31)27-17(25)11-1-2-12-8-28(19(30)14(12)7-11)16-10-33-6-4-15(16)26-18(29)13-3-5-32-9-13/h1-2,7,13,15-16H,3-6,8-10H2,(H,26,29)(H2,25,27,31)/t13?,15?,16-/m1/s1. The first kappa shape index (κ1) is 23.2. The lowest BCUT2D eigenvalue weighted by Crippen LogP contribution is -2.57. The van der Waals surface area contributed by atoms with Crippen LogP contribution in [0.5, 0.6) is 0 Å². The number of alkyl halides is 3. The molecule has 2 unspecified atom stereocenters.